The Hall–Kier alpha value is -1.06. The standard InChI is InChI=1S/C11H18N2O/c1-8-6-9(10(7-12)13-2)4-5-11(8)14-3/h4-6,10,13H,7,12H2,1-3H3. The van der Waals surface area contributed by atoms with Gasteiger partial charge in [-0.1, -0.05) is 12.1 Å². The lowest BCUT2D eigenvalue weighted by molar-refractivity contribution is 0.411. The highest BCUT2D eigenvalue weighted by Gasteiger charge is 2.08. The van der Waals surface area contributed by atoms with Crippen molar-refractivity contribution in [3.63, 3.8) is 0 Å². The van der Waals surface area contributed by atoms with Gasteiger partial charge >= 0.3 is 0 Å². The second kappa shape index (κ2) is 4.98. The maximum absolute atomic E-state index is 5.64. The molecule has 1 atom stereocenters. The van der Waals surface area contributed by atoms with Crippen LogP contribution in [0.1, 0.15) is 17.2 Å². The molecule has 0 spiro atoms. The second-order valence-corrected chi connectivity index (χ2v) is 3.31. The number of methoxy groups -OCH3 is 1. The fourth-order valence-electron chi connectivity index (χ4n) is 1.54. The Morgan fingerprint density at radius 3 is 2.64 bits per heavy atom. The van der Waals surface area contributed by atoms with Crippen molar-refractivity contribution in [2.75, 3.05) is 20.7 Å². The molecule has 3 nitrogen and oxygen atoms in total. The van der Waals surface area contributed by atoms with Gasteiger partial charge in [-0.2, -0.15) is 0 Å². The molecule has 0 fully saturated rings. The van der Waals surface area contributed by atoms with E-state index < -0.39 is 0 Å². The molecule has 0 aliphatic carbocycles. The third-order valence-corrected chi connectivity index (χ3v) is 2.41. The van der Waals surface area contributed by atoms with Crippen molar-refractivity contribution in [1.82, 2.24) is 5.32 Å². The van der Waals surface area contributed by atoms with Gasteiger partial charge in [-0.25, -0.2) is 0 Å². The van der Waals surface area contributed by atoms with Crippen molar-refractivity contribution in [3.8, 4) is 5.75 Å². The van der Waals surface area contributed by atoms with Gasteiger partial charge in [-0.15, -0.1) is 0 Å². The van der Waals surface area contributed by atoms with Crippen LogP contribution in [0.25, 0.3) is 0 Å². The number of hydrogen-bond acceptors (Lipinski definition) is 3. The van der Waals surface area contributed by atoms with Crippen LogP contribution in [0.15, 0.2) is 18.2 Å². The minimum atomic E-state index is 0.222. The molecular formula is C11H18N2O. The summed E-state index contributed by atoms with van der Waals surface area (Å²) in [5.74, 6) is 0.917. The highest BCUT2D eigenvalue weighted by atomic mass is 16.5. The second-order valence-electron chi connectivity index (χ2n) is 3.31. The van der Waals surface area contributed by atoms with E-state index in [1.54, 1.807) is 7.11 Å². The largest absolute Gasteiger partial charge is 0.496 e. The molecule has 78 valence electrons. The molecule has 0 aliphatic heterocycles. The Morgan fingerprint density at radius 1 is 1.50 bits per heavy atom. The quantitative estimate of drug-likeness (QED) is 0.757. The molecule has 0 aromatic heterocycles. The summed E-state index contributed by atoms with van der Waals surface area (Å²) in [6.07, 6.45) is 0. The van der Waals surface area contributed by atoms with Gasteiger partial charge in [0.25, 0.3) is 0 Å². The Labute approximate surface area is 85.3 Å². The summed E-state index contributed by atoms with van der Waals surface area (Å²) in [6.45, 7) is 2.63. The molecule has 1 aromatic rings. The fourth-order valence-corrected chi connectivity index (χ4v) is 1.54. The first-order chi connectivity index (χ1) is 6.72. The molecule has 0 saturated carbocycles. The van der Waals surface area contributed by atoms with Crippen LogP contribution < -0.4 is 15.8 Å². The van der Waals surface area contributed by atoms with E-state index in [0.717, 1.165) is 11.3 Å². The zero-order chi connectivity index (χ0) is 10.6. The van der Waals surface area contributed by atoms with Crippen molar-refractivity contribution in [3.05, 3.63) is 29.3 Å². The average molecular weight is 194 g/mol. The van der Waals surface area contributed by atoms with Gasteiger partial charge in [0.15, 0.2) is 0 Å². The maximum Gasteiger partial charge on any atom is 0.121 e. The van der Waals surface area contributed by atoms with Gasteiger partial charge in [-0.3, -0.25) is 0 Å². The van der Waals surface area contributed by atoms with Crippen LogP contribution in [0.2, 0.25) is 0 Å². The molecule has 0 bridgehead atoms. The third-order valence-electron chi connectivity index (χ3n) is 2.41. The van der Waals surface area contributed by atoms with Crippen LogP contribution in [0.4, 0.5) is 0 Å². The molecule has 14 heavy (non-hydrogen) atoms. The molecular weight excluding hydrogens is 176 g/mol. The smallest absolute Gasteiger partial charge is 0.121 e. The normalized spacial score (nSPS) is 12.6. The predicted octanol–water partition coefficient (Wildman–Crippen LogP) is 1.22. The number of nitrogens with two attached hydrogens (primary N) is 1. The Balaban J connectivity index is 2.95. The van der Waals surface area contributed by atoms with E-state index in [1.807, 2.05) is 26.1 Å². The molecule has 0 aliphatic rings. The first-order valence-corrected chi connectivity index (χ1v) is 4.74. The molecule has 3 heteroatoms. The zero-order valence-corrected chi connectivity index (χ0v) is 9.00. The fraction of sp³-hybridized carbons (Fsp3) is 0.455. The summed E-state index contributed by atoms with van der Waals surface area (Å²) in [7, 11) is 3.59. The van der Waals surface area contributed by atoms with Crippen LogP contribution >= 0.6 is 0 Å². The first kappa shape index (κ1) is 11.0. The van der Waals surface area contributed by atoms with E-state index in [4.69, 9.17) is 10.5 Å². The molecule has 1 aromatic carbocycles. The van der Waals surface area contributed by atoms with Gasteiger partial charge in [0.2, 0.25) is 0 Å². The van der Waals surface area contributed by atoms with Crippen LogP contribution in [0, 0.1) is 6.92 Å². The lowest BCUT2D eigenvalue weighted by Gasteiger charge is -2.15. The SMILES string of the molecule is CNC(CN)c1ccc(OC)c(C)c1. The van der Waals surface area contributed by atoms with Crippen molar-refractivity contribution in [1.29, 1.82) is 0 Å². The lowest BCUT2D eigenvalue weighted by Crippen LogP contribution is -2.24. The van der Waals surface area contributed by atoms with E-state index in [9.17, 15) is 0 Å². The molecule has 1 rings (SSSR count). The molecule has 1 unspecified atom stereocenters. The Morgan fingerprint density at radius 2 is 2.21 bits per heavy atom. The topological polar surface area (TPSA) is 47.3 Å². The highest BCUT2D eigenvalue weighted by molar-refractivity contribution is 5.37. The van der Waals surface area contributed by atoms with Crippen LogP contribution in [-0.2, 0) is 0 Å². The number of aryl methyl sites for hydroxylation is 1. The van der Waals surface area contributed by atoms with E-state index in [-0.39, 0.29) is 6.04 Å². The number of ether oxygens (including phenoxy) is 1. The van der Waals surface area contributed by atoms with E-state index in [0.29, 0.717) is 6.54 Å². The van der Waals surface area contributed by atoms with Crippen molar-refractivity contribution in [2.45, 2.75) is 13.0 Å². The molecule has 0 saturated heterocycles. The lowest BCUT2D eigenvalue weighted by atomic mass is 10.0. The molecule has 3 N–H and O–H groups in total. The van der Waals surface area contributed by atoms with Crippen molar-refractivity contribution >= 4 is 0 Å². The highest BCUT2D eigenvalue weighted by Crippen LogP contribution is 2.21. The summed E-state index contributed by atoms with van der Waals surface area (Å²) < 4.78 is 5.20. The molecule has 0 amide bonds. The van der Waals surface area contributed by atoms with Gasteiger partial charge < -0.3 is 15.8 Å². The Kier molecular flexibility index (Phi) is 3.92. The maximum atomic E-state index is 5.64. The number of nitrogens with one attached hydrogen (secondary N) is 1. The van der Waals surface area contributed by atoms with Crippen LogP contribution in [0.3, 0.4) is 0 Å². The summed E-state index contributed by atoms with van der Waals surface area (Å²) in [6, 6.07) is 6.34. The molecule has 0 radical (unpaired) electrons. The van der Waals surface area contributed by atoms with Gasteiger partial charge in [-0.05, 0) is 31.2 Å². The minimum Gasteiger partial charge on any atom is -0.496 e. The summed E-state index contributed by atoms with van der Waals surface area (Å²) in [5.41, 5.74) is 7.98. The third kappa shape index (κ3) is 2.25. The van der Waals surface area contributed by atoms with Crippen LogP contribution in [0.5, 0.6) is 5.75 Å². The summed E-state index contributed by atoms with van der Waals surface area (Å²) in [4.78, 5) is 0. The Bertz CT molecular complexity index is 295. The minimum absolute atomic E-state index is 0.222. The predicted molar refractivity (Wildman–Crippen MR) is 58.6 cm³/mol. The summed E-state index contributed by atoms with van der Waals surface area (Å²) >= 11 is 0. The van der Waals surface area contributed by atoms with Crippen molar-refractivity contribution in [2.24, 2.45) is 5.73 Å². The zero-order valence-electron chi connectivity index (χ0n) is 9.00. The number of rotatable bonds is 4. The number of benzene rings is 1. The first-order valence-electron chi connectivity index (χ1n) is 4.74. The van der Waals surface area contributed by atoms with Gasteiger partial charge in [0.05, 0.1) is 7.11 Å². The average Bonchev–Trinajstić information content (AvgIpc) is 2.20. The van der Waals surface area contributed by atoms with E-state index in [1.165, 1.54) is 5.56 Å². The van der Waals surface area contributed by atoms with Gasteiger partial charge in [0, 0.05) is 12.6 Å². The number of likely N-dealkylation sites (N-methyl/N-ethyl adjacent to an activating group) is 1. The number of hydrogen-bond donors (Lipinski definition) is 2. The van der Waals surface area contributed by atoms with Gasteiger partial charge in [0.1, 0.15) is 5.75 Å². The van der Waals surface area contributed by atoms with E-state index in [2.05, 4.69) is 11.4 Å². The summed E-state index contributed by atoms with van der Waals surface area (Å²) in [5, 5.41) is 3.17. The molecule has 0 heterocycles. The van der Waals surface area contributed by atoms with E-state index >= 15 is 0 Å². The van der Waals surface area contributed by atoms with Crippen molar-refractivity contribution < 1.29 is 4.74 Å². The monoisotopic (exact) mass is 194 g/mol. The van der Waals surface area contributed by atoms with Crippen LogP contribution in [-0.4, -0.2) is 20.7 Å².